The topological polar surface area (TPSA) is 166 Å². The Morgan fingerprint density at radius 2 is 1.38 bits per heavy atom. The maximum atomic E-state index is 12.4. The summed E-state index contributed by atoms with van der Waals surface area (Å²) in [4.78, 5) is 50.1. The van der Waals surface area contributed by atoms with E-state index >= 15 is 0 Å². The van der Waals surface area contributed by atoms with Crippen LogP contribution in [0.2, 0.25) is 5.02 Å². The van der Waals surface area contributed by atoms with Gasteiger partial charge in [-0.05, 0) is 63.3 Å². The number of nitrogens with one attached hydrogen (secondary N) is 6. The molecule has 262 valence electrons. The van der Waals surface area contributed by atoms with Gasteiger partial charge in [-0.15, -0.1) is 0 Å². The Labute approximate surface area is 295 Å². The maximum absolute atomic E-state index is 12.4. The van der Waals surface area contributed by atoms with E-state index in [0.29, 0.717) is 39.4 Å². The lowest BCUT2D eigenvalue weighted by Crippen LogP contribution is -2.39. The minimum atomic E-state index is -0.342. The zero-order valence-electron chi connectivity index (χ0n) is 28.6. The quantitative estimate of drug-likeness (QED) is 0.0902. The van der Waals surface area contributed by atoms with Crippen LogP contribution in [-0.4, -0.2) is 57.8 Å². The molecular weight excluding hydrogens is 658 g/mol. The molecule has 12 nitrogen and oxygen atoms in total. The number of rotatable bonds is 11. The summed E-state index contributed by atoms with van der Waals surface area (Å²) in [7, 11) is 3.12. The molecule has 2 unspecified atom stereocenters. The second kappa shape index (κ2) is 16.3. The monoisotopic (exact) mass is 699 g/mol. The first kappa shape index (κ1) is 35.8. The largest absolute Gasteiger partial charge is 0.484 e. The summed E-state index contributed by atoms with van der Waals surface area (Å²) in [5.41, 5.74) is 4.53. The Balaban J connectivity index is 0.000000195. The average molecular weight is 700 g/mol. The number of carbonyl (C=O) groups excluding carboxylic acids is 3. The van der Waals surface area contributed by atoms with Crippen molar-refractivity contribution >= 4 is 29.3 Å². The Morgan fingerprint density at radius 1 is 0.800 bits per heavy atom. The standard InChI is InChI=1S/C19H22ClN3O3.C18H20N4O2/c1-11(12-6-8-13(20)9-7-12)26-16-10-15(23-17(16)19(25)21-2)18(24)22-14-4-3-5-14;1-11-10-20-17(21-11)14-9-15(16(22-14)18(23)19-3)24-12(2)13-7-5-4-6-8-13/h6-11,14,23H,3-5H2,1-2H3,(H,21,25)(H,22,24);4-10,12,22H,1-3H3,(H,19,23)(H,20,21). The third kappa shape index (κ3) is 8.75. The molecular formula is C37H42ClN7O5. The summed E-state index contributed by atoms with van der Waals surface area (Å²) >= 11 is 5.92. The summed E-state index contributed by atoms with van der Waals surface area (Å²) in [5.74, 6) is 0.694. The summed E-state index contributed by atoms with van der Waals surface area (Å²) in [5, 5.41) is 8.77. The van der Waals surface area contributed by atoms with Crippen LogP contribution >= 0.6 is 11.6 Å². The molecule has 6 N–H and O–H groups in total. The number of hydrogen-bond donors (Lipinski definition) is 6. The highest BCUT2D eigenvalue weighted by molar-refractivity contribution is 6.30. The molecule has 1 fully saturated rings. The first-order chi connectivity index (χ1) is 24.1. The van der Waals surface area contributed by atoms with Crippen LogP contribution in [0.3, 0.4) is 0 Å². The van der Waals surface area contributed by atoms with E-state index in [9.17, 15) is 14.4 Å². The normalized spacial score (nSPS) is 13.6. The predicted molar refractivity (Wildman–Crippen MR) is 192 cm³/mol. The fraction of sp³-hybridized carbons (Fsp3) is 0.297. The van der Waals surface area contributed by atoms with Crippen molar-refractivity contribution in [2.45, 2.75) is 58.3 Å². The van der Waals surface area contributed by atoms with Crippen LogP contribution in [0.15, 0.2) is 72.9 Å². The minimum Gasteiger partial charge on any atom is -0.484 e. The highest BCUT2D eigenvalue weighted by atomic mass is 35.5. The van der Waals surface area contributed by atoms with Gasteiger partial charge in [0.05, 0.1) is 5.69 Å². The zero-order chi connectivity index (χ0) is 35.8. The molecule has 2 atom stereocenters. The van der Waals surface area contributed by atoms with Crippen LogP contribution in [-0.2, 0) is 0 Å². The molecule has 1 saturated carbocycles. The van der Waals surface area contributed by atoms with Crippen molar-refractivity contribution in [1.29, 1.82) is 0 Å². The SMILES string of the molecule is CNC(=O)c1[nH]c(-c2ncc(C)[nH]2)cc1OC(C)c1ccccc1.CNC(=O)c1[nH]c(C(=O)NC2CCC2)cc1OC(C)c1ccc(Cl)cc1. The summed E-state index contributed by atoms with van der Waals surface area (Å²) in [6.45, 7) is 5.75. The number of H-pyrrole nitrogens is 3. The van der Waals surface area contributed by atoms with Gasteiger partial charge in [0, 0.05) is 49.2 Å². The number of amides is 3. The predicted octanol–water partition coefficient (Wildman–Crippen LogP) is 6.66. The van der Waals surface area contributed by atoms with E-state index in [4.69, 9.17) is 21.1 Å². The van der Waals surface area contributed by atoms with Crippen molar-refractivity contribution in [2.75, 3.05) is 14.1 Å². The molecule has 0 aliphatic heterocycles. The van der Waals surface area contributed by atoms with Gasteiger partial charge >= 0.3 is 0 Å². The number of carbonyl (C=O) groups is 3. The maximum Gasteiger partial charge on any atom is 0.271 e. The number of ether oxygens (including phenoxy) is 2. The molecule has 6 rings (SSSR count). The van der Waals surface area contributed by atoms with E-state index < -0.39 is 0 Å². The molecule has 0 bridgehead atoms. The number of hydrogen-bond acceptors (Lipinski definition) is 6. The lowest BCUT2D eigenvalue weighted by molar-refractivity contribution is 0.0910. The van der Waals surface area contributed by atoms with Gasteiger partial charge in [0.1, 0.15) is 29.3 Å². The van der Waals surface area contributed by atoms with Crippen LogP contribution in [0.25, 0.3) is 11.5 Å². The van der Waals surface area contributed by atoms with Crippen LogP contribution in [0.1, 0.15) is 93.6 Å². The fourth-order valence-electron chi connectivity index (χ4n) is 5.23. The molecule has 3 heterocycles. The Morgan fingerprint density at radius 3 is 1.92 bits per heavy atom. The molecule has 1 aliphatic rings. The number of imidazole rings is 1. The molecule has 1 aliphatic carbocycles. The molecule has 13 heteroatoms. The van der Waals surface area contributed by atoms with Crippen molar-refractivity contribution in [3.63, 3.8) is 0 Å². The van der Waals surface area contributed by atoms with Crippen molar-refractivity contribution in [2.24, 2.45) is 0 Å². The van der Waals surface area contributed by atoms with Crippen LogP contribution in [0, 0.1) is 6.92 Å². The second-order valence-corrected chi connectivity index (χ2v) is 12.4. The Hall–Kier alpha value is -5.49. The van der Waals surface area contributed by atoms with E-state index in [2.05, 4.69) is 35.9 Å². The zero-order valence-corrected chi connectivity index (χ0v) is 29.4. The van der Waals surface area contributed by atoms with Gasteiger partial charge in [-0.2, -0.15) is 0 Å². The molecule has 2 aromatic carbocycles. The molecule has 0 spiro atoms. The number of aryl methyl sites for hydroxylation is 1. The lowest BCUT2D eigenvalue weighted by Gasteiger charge is -2.25. The molecule has 3 aromatic heterocycles. The smallest absolute Gasteiger partial charge is 0.271 e. The van der Waals surface area contributed by atoms with Crippen molar-refractivity contribution in [3.8, 4) is 23.0 Å². The number of aromatic amines is 3. The summed E-state index contributed by atoms with van der Waals surface area (Å²) < 4.78 is 12.0. The van der Waals surface area contributed by atoms with Crippen molar-refractivity contribution in [3.05, 3.63) is 112 Å². The summed E-state index contributed by atoms with van der Waals surface area (Å²) in [6, 6.07) is 20.7. The van der Waals surface area contributed by atoms with E-state index in [1.165, 1.54) is 7.05 Å². The number of halogens is 1. The lowest BCUT2D eigenvalue weighted by atomic mass is 9.93. The first-order valence-corrected chi connectivity index (χ1v) is 16.8. The highest BCUT2D eigenvalue weighted by Gasteiger charge is 2.25. The summed E-state index contributed by atoms with van der Waals surface area (Å²) in [6.07, 6.45) is 4.36. The van der Waals surface area contributed by atoms with Crippen molar-refractivity contribution in [1.82, 2.24) is 35.9 Å². The van der Waals surface area contributed by atoms with Gasteiger partial charge in [-0.25, -0.2) is 4.98 Å². The van der Waals surface area contributed by atoms with Gasteiger partial charge in [0.15, 0.2) is 17.3 Å². The van der Waals surface area contributed by atoms with Crippen LogP contribution in [0.5, 0.6) is 11.5 Å². The van der Waals surface area contributed by atoms with Crippen molar-refractivity contribution < 1.29 is 23.9 Å². The molecule has 0 saturated heterocycles. The van der Waals surface area contributed by atoms with E-state index in [0.717, 1.165) is 36.1 Å². The third-order valence-corrected chi connectivity index (χ3v) is 8.58. The van der Waals surface area contributed by atoms with E-state index in [1.54, 1.807) is 37.5 Å². The van der Waals surface area contributed by atoms with E-state index in [-0.39, 0.29) is 41.7 Å². The second-order valence-electron chi connectivity index (χ2n) is 12.0. The molecule has 0 radical (unpaired) electrons. The number of nitrogens with zero attached hydrogens (tertiary/aromatic N) is 1. The van der Waals surface area contributed by atoms with Gasteiger partial charge < -0.3 is 40.4 Å². The van der Waals surface area contributed by atoms with Gasteiger partial charge in [0.25, 0.3) is 17.7 Å². The number of benzene rings is 2. The number of aromatic nitrogens is 4. The van der Waals surface area contributed by atoms with Gasteiger partial charge in [-0.1, -0.05) is 54.1 Å². The van der Waals surface area contributed by atoms with Gasteiger partial charge in [0.2, 0.25) is 0 Å². The molecule has 50 heavy (non-hydrogen) atoms. The third-order valence-electron chi connectivity index (χ3n) is 8.33. The average Bonchev–Trinajstić information content (AvgIpc) is 3.85. The Bertz CT molecular complexity index is 1910. The first-order valence-electron chi connectivity index (χ1n) is 16.4. The minimum absolute atomic E-state index is 0.184. The fourth-order valence-corrected chi connectivity index (χ4v) is 5.36. The molecule has 3 amide bonds. The van der Waals surface area contributed by atoms with Gasteiger partial charge in [-0.3, -0.25) is 14.4 Å². The highest BCUT2D eigenvalue weighted by Crippen LogP contribution is 2.31. The van der Waals surface area contributed by atoms with Crippen LogP contribution in [0.4, 0.5) is 0 Å². The van der Waals surface area contributed by atoms with Crippen LogP contribution < -0.4 is 25.4 Å². The Kier molecular flexibility index (Phi) is 11.7. The van der Waals surface area contributed by atoms with E-state index in [1.807, 2.05) is 63.2 Å². The molecule has 5 aromatic rings.